The lowest BCUT2D eigenvalue weighted by molar-refractivity contribution is 0.941. The minimum Gasteiger partial charge on any atom is -0.399 e. The molecule has 5 nitrogen and oxygen atoms in total. The van der Waals surface area contributed by atoms with Gasteiger partial charge in [0.05, 0.1) is 11.0 Å². The van der Waals surface area contributed by atoms with Crippen LogP contribution in [0.2, 0.25) is 0 Å². The highest BCUT2D eigenvalue weighted by Gasteiger charge is 2.04. The second-order valence-corrected chi connectivity index (χ2v) is 5.66. The van der Waals surface area contributed by atoms with Gasteiger partial charge < -0.3 is 10.7 Å². The van der Waals surface area contributed by atoms with Gasteiger partial charge in [0.1, 0.15) is 5.82 Å². The van der Waals surface area contributed by atoms with Crippen LogP contribution in [0.4, 0.5) is 5.69 Å². The molecule has 2 aromatic heterocycles. The number of fused-ring (bicyclic) bond motifs is 1. The molecule has 0 fully saturated rings. The molecule has 0 aliphatic heterocycles. The van der Waals surface area contributed by atoms with Crippen molar-refractivity contribution in [1.29, 1.82) is 0 Å². The van der Waals surface area contributed by atoms with Crippen molar-refractivity contribution >= 4 is 28.5 Å². The Hall–Kier alpha value is -2.08. The Morgan fingerprint density at radius 3 is 2.85 bits per heavy atom. The van der Waals surface area contributed by atoms with Crippen LogP contribution in [0.5, 0.6) is 0 Å². The minimum absolute atomic E-state index is 0.745. The molecule has 3 N–H and O–H groups in total. The second-order valence-electron chi connectivity index (χ2n) is 4.60. The van der Waals surface area contributed by atoms with E-state index in [-0.39, 0.29) is 0 Å². The number of hydrogen-bond donors (Lipinski definition) is 2. The molecule has 0 bridgehead atoms. The number of aromatic nitrogens is 4. The first-order chi connectivity index (χ1) is 9.70. The van der Waals surface area contributed by atoms with E-state index in [1.807, 2.05) is 37.5 Å². The SMILES string of the molecule is Cc1cnc(SCCc2nc3ccc(N)cc3[nH]2)nc1. The number of aromatic amines is 1. The van der Waals surface area contributed by atoms with Crippen LogP contribution in [0.1, 0.15) is 11.4 Å². The van der Waals surface area contributed by atoms with E-state index in [9.17, 15) is 0 Å². The standard InChI is InChI=1S/C14H15N5S/c1-9-7-16-14(17-8-9)20-5-4-13-18-11-3-2-10(15)6-12(11)19-13/h2-3,6-8H,4-5,15H2,1H3,(H,18,19). The number of benzene rings is 1. The number of thioether (sulfide) groups is 1. The summed E-state index contributed by atoms with van der Waals surface area (Å²) in [5, 5.41) is 0.802. The molecule has 0 unspecified atom stereocenters. The molecule has 0 saturated carbocycles. The Morgan fingerprint density at radius 1 is 1.25 bits per heavy atom. The van der Waals surface area contributed by atoms with E-state index in [4.69, 9.17) is 5.73 Å². The van der Waals surface area contributed by atoms with Crippen LogP contribution in [0.25, 0.3) is 11.0 Å². The molecule has 3 aromatic rings. The summed E-state index contributed by atoms with van der Waals surface area (Å²) in [4.78, 5) is 16.4. The Kier molecular flexibility index (Phi) is 3.56. The molecule has 0 atom stereocenters. The average molecular weight is 285 g/mol. The van der Waals surface area contributed by atoms with Crippen molar-refractivity contribution in [3.05, 3.63) is 42.0 Å². The summed E-state index contributed by atoms with van der Waals surface area (Å²) in [6.45, 7) is 1.98. The number of anilines is 1. The fourth-order valence-electron chi connectivity index (χ4n) is 1.89. The first-order valence-corrected chi connectivity index (χ1v) is 7.35. The first-order valence-electron chi connectivity index (χ1n) is 6.36. The number of nitrogens with zero attached hydrogens (tertiary/aromatic N) is 3. The van der Waals surface area contributed by atoms with Crippen LogP contribution in [0, 0.1) is 6.92 Å². The third-order valence-corrected chi connectivity index (χ3v) is 3.76. The zero-order valence-corrected chi connectivity index (χ0v) is 11.9. The summed E-state index contributed by atoms with van der Waals surface area (Å²) in [7, 11) is 0. The summed E-state index contributed by atoms with van der Waals surface area (Å²) in [6, 6.07) is 5.70. The summed E-state index contributed by atoms with van der Waals surface area (Å²) in [6.07, 6.45) is 4.51. The van der Waals surface area contributed by atoms with Gasteiger partial charge in [-0.15, -0.1) is 0 Å². The minimum atomic E-state index is 0.745. The maximum Gasteiger partial charge on any atom is 0.187 e. The van der Waals surface area contributed by atoms with E-state index in [0.717, 1.165) is 45.4 Å². The molecule has 0 saturated heterocycles. The number of hydrogen-bond acceptors (Lipinski definition) is 5. The highest BCUT2D eigenvalue weighted by atomic mass is 32.2. The molecule has 3 rings (SSSR count). The van der Waals surface area contributed by atoms with Crippen LogP contribution in [-0.4, -0.2) is 25.7 Å². The summed E-state index contributed by atoms with van der Waals surface area (Å²) >= 11 is 1.63. The lowest BCUT2D eigenvalue weighted by Crippen LogP contribution is -1.93. The Labute approximate surface area is 121 Å². The lowest BCUT2D eigenvalue weighted by Gasteiger charge is -1.98. The number of imidazole rings is 1. The monoisotopic (exact) mass is 285 g/mol. The highest BCUT2D eigenvalue weighted by Crippen LogP contribution is 2.17. The van der Waals surface area contributed by atoms with Gasteiger partial charge in [0.2, 0.25) is 0 Å². The van der Waals surface area contributed by atoms with Crippen LogP contribution >= 0.6 is 11.8 Å². The molecule has 1 aromatic carbocycles. The summed E-state index contributed by atoms with van der Waals surface area (Å²) in [5.41, 5.74) is 9.50. The normalized spacial score (nSPS) is 11.1. The molecule has 0 aliphatic rings. The van der Waals surface area contributed by atoms with Crippen molar-refractivity contribution in [2.24, 2.45) is 0 Å². The molecular formula is C14H15N5S. The van der Waals surface area contributed by atoms with Gasteiger partial charge in [-0.2, -0.15) is 0 Å². The van der Waals surface area contributed by atoms with Crippen molar-refractivity contribution in [1.82, 2.24) is 19.9 Å². The van der Waals surface area contributed by atoms with Gasteiger partial charge in [-0.1, -0.05) is 11.8 Å². The number of H-pyrrole nitrogens is 1. The molecular weight excluding hydrogens is 270 g/mol. The number of nitrogens with two attached hydrogens (primary N) is 1. The van der Waals surface area contributed by atoms with Gasteiger partial charge in [-0.3, -0.25) is 0 Å². The van der Waals surface area contributed by atoms with Crippen molar-refractivity contribution in [2.45, 2.75) is 18.5 Å². The Morgan fingerprint density at radius 2 is 2.05 bits per heavy atom. The Balaban J connectivity index is 1.63. The van der Waals surface area contributed by atoms with Crippen LogP contribution in [0.15, 0.2) is 35.7 Å². The number of nitrogens with one attached hydrogen (secondary N) is 1. The zero-order valence-electron chi connectivity index (χ0n) is 11.1. The van der Waals surface area contributed by atoms with Gasteiger partial charge in [0.25, 0.3) is 0 Å². The lowest BCUT2D eigenvalue weighted by atomic mass is 10.3. The van der Waals surface area contributed by atoms with Crippen LogP contribution < -0.4 is 5.73 Å². The van der Waals surface area contributed by atoms with E-state index in [0.29, 0.717) is 0 Å². The summed E-state index contributed by atoms with van der Waals surface area (Å²) in [5.74, 6) is 1.85. The number of aryl methyl sites for hydroxylation is 2. The van der Waals surface area contributed by atoms with E-state index >= 15 is 0 Å². The van der Waals surface area contributed by atoms with Gasteiger partial charge in [0, 0.05) is 30.3 Å². The largest absolute Gasteiger partial charge is 0.399 e. The van der Waals surface area contributed by atoms with E-state index in [1.165, 1.54) is 0 Å². The van der Waals surface area contributed by atoms with E-state index in [2.05, 4.69) is 19.9 Å². The second kappa shape index (κ2) is 5.50. The fraction of sp³-hybridized carbons (Fsp3) is 0.214. The number of nitrogen functional groups attached to an aromatic ring is 1. The molecule has 0 amide bonds. The predicted molar refractivity (Wildman–Crippen MR) is 81.7 cm³/mol. The maximum atomic E-state index is 5.75. The molecule has 2 heterocycles. The Bertz CT molecular complexity index is 720. The average Bonchev–Trinajstić information content (AvgIpc) is 2.83. The van der Waals surface area contributed by atoms with Crippen molar-refractivity contribution in [2.75, 3.05) is 11.5 Å². The third-order valence-electron chi connectivity index (χ3n) is 2.88. The first kappa shape index (κ1) is 12.9. The highest BCUT2D eigenvalue weighted by molar-refractivity contribution is 7.99. The van der Waals surface area contributed by atoms with Gasteiger partial charge >= 0.3 is 0 Å². The molecule has 0 aliphatic carbocycles. The van der Waals surface area contributed by atoms with Crippen molar-refractivity contribution in [3.63, 3.8) is 0 Å². The molecule has 6 heteroatoms. The quantitative estimate of drug-likeness (QED) is 0.437. The maximum absolute atomic E-state index is 5.75. The van der Waals surface area contributed by atoms with E-state index in [1.54, 1.807) is 11.8 Å². The van der Waals surface area contributed by atoms with Crippen LogP contribution in [0.3, 0.4) is 0 Å². The predicted octanol–water partition coefficient (Wildman–Crippen LogP) is 2.58. The molecule has 0 radical (unpaired) electrons. The molecule has 0 spiro atoms. The molecule has 102 valence electrons. The van der Waals surface area contributed by atoms with Gasteiger partial charge in [-0.05, 0) is 30.7 Å². The third kappa shape index (κ3) is 2.91. The summed E-state index contributed by atoms with van der Waals surface area (Å²) < 4.78 is 0. The zero-order chi connectivity index (χ0) is 13.9. The molecule has 20 heavy (non-hydrogen) atoms. The van der Waals surface area contributed by atoms with Gasteiger partial charge in [-0.25, -0.2) is 15.0 Å². The van der Waals surface area contributed by atoms with E-state index < -0.39 is 0 Å². The number of rotatable bonds is 4. The van der Waals surface area contributed by atoms with Crippen molar-refractivity contribution in [3.8, 4) is 0 Å². The van der Waals surface area contributed by atoms with Crippen molar-refractivity contribution < 1.29 is 0 Å². The smallest absolute Gasteiger partial charge is 0.187 e. The van der Waals surface area contributed by atoms with Gasteiger partial charge in [0.15, 0.2) is 5.16 Å². The fourth-order valence-corrected chi connectivity index (χ4v) is 2.63. The topological polar surface area (TPSA) is 80.5 Å². The van der Waals surface area contributed by atoms with Crippen LogP contribution in [-0.2, 0) is 6.42 Å².